The molecule has 0 radical (unpaired) electrons. The molecule has 94 valence electrons. The van der Waals surface area contributed by atoms with Crippen LogP contribution in [-0.2, 0) is 4.79 Å². The van der Waals surface area contributed by atoms with Crippen molar-refractivity contribution < 1.29 is 19.1 Å². The molecular weight excluding hydrogens is 224 g/mol. The minimum absolute atomic E-state index is 0.0421. The fourth-order valence-electron chi connectivity index (χ4n) is 1.37. The molecular formula is C11H16N2O4. The molecule has 0 unspecified atom stereocenters. The van der Waals surface area contributed by atoms with E-state index in [9.17, 15) is 9.59 Å². The number of amides is 1. The standard InChI is InChI=1S/C11H16N2O4/c1-6-7(17-5-12-6)9(14)13-8(10(15)16)11(2,3)4/h5,8H,1-4H3,(H,13,14)(H,15,16)/t8-/m0/s1. The second kappa shape index (κ2) is 4.57. The Morgan fingerprint density at radius 1 is 1.47 bits per heavy atom. The maximum absolute atomic E-state index is 11.8. The Hall–Kier alpha value is -1.85. The fraction of sp³-hybridized carbons (Fsp3) is 0.545. The van der Waals surface area contributed by atoms with E-state index in [-0.39, 0.29) is 5.76 Å². The number of oxazole rings is 1. The molecule has 0 saturated carbocycles. The van der Waals surface area contributed by atoms with Crippen molar-refractivity contribution in [3.63, 3.8) is 0 Å². The van der Waals surface area contributed by atoms with Crippen molar-refractivity contribution in [1.29, 1.82) is 0 Å². The smallest absolute Gasteiger partial charge is 0.326 e. The Labute approximate surface area is 99.0 Å². The first kappa shape index (κ1) is 13.2. The molecule has 1 heterocycles. The SMILES string of the molecule is Cc1ncoc1C(=O)N[C@@H](C(=O)O)C(C)(C)C. The van der Waals surface area contributed by atoms with Crippen molar-refractivity contribution in [2.24, 2.45) is 5.41 Å². The van der Waals surface area contributed by atoms with E-state index in [0.29, 0.717) is 5.69 Å². The molecule has 1 amide bonds. The third kappa shape index (κ3) is 3.05. The Morgan fingerprint density at radius 2 is 2.06 bits per heavy atom. The molecule has 2 N–H and O–H groups in total. The molecule has 17 heavy (non-hydrogen) atoms. The van der Waals surface area contributed by atoms with Gasteiger partial charge in [-0.2, -0.15) is 0 Å². The monoisotopic (exact) mass is 240 g/mol. The van der Waals surface area contributed by atoms with Crippen LogP contribution in [0.2, 0.25) is 0 Å². The summed E-state index contributed by atoms with van der Waals surface area (Å²) in [5.74, 6) is -1.61. The van der Waals surface area contributed by atoms with Gasteiger partial charge >= 0.3 is 5.97 Å². The number of rotatable bonds is 3. The highest BCUT2D eigenvalue weighted by atomic mass is 16.4. The first-order valence-electron chi connectivity index (χ1n) is 5.17. The van der Waals surface area contributed by atoms with Crippen LogP contribution in [0.1, 0.15) is 37.0 Å². The molecule has 1 aromatic rings. The van der Waals surface area contributed by atoms with Crippen molar-refractivity contribution in [3.05, 3.63) is 17.8 Å². The molecule has 0 fully saturated rings. The summed E-state index contributed by atoms with van der Waals surface area (Å²) in [4.78, 5) is 26.6. The molecule has 1 aromatic heterocycles. The van der Waals surface area contributed by atoms with Gasteiger partial charge in [0.15, 0.2) is 6.39 Å². The van der Waals surface area contributed by atoms with E-state index in [0.717, 1.165) is 6.39 Å². The van der Waals surface area contributed by atoms with E-state index < -0.39 is 23.3 Å². The van der Waals surface area contributed by atoms with Gasteiger partial charge in [-0.15, -0.1) is 0 Å². The molecule has 0 saturated heterocycles. The van der Waals surface area contributed by atoms with E-state index in [1.165, 1.54) is 0 Å². The van der Waals surface area contributed by atoms with Gasteiger partial charge in [-0.25, -0.2) is 9.78 Å². The van der Waals surface area contributed by atoms with Gasteiger partial charge in [-0.1, -0.05) is 20.8 Å². The number of carbonyl (C=O) groups excluding carboxylic acids is 1. The van der Waals surface area contributed by atoms with Crippen LogP contribution in [0, 0.1) is 12.3 Å². The average Bonchev–Trinajstić information content (AvgIpc) is 2.58. The van der Waals surface area contributed by atoms with Crippen LogP contribution in [0.5, 0.6) is 0 Å². The second-order valence-electron chi connectivity index (χ2n) is 4.88. The van der Waals surface area contributed by atoms with E-state index in [4.69, 9.17) is 9.52 Å². The van der Waals surface area contributed by atoms with Gasteiger partial charge in [-0.05, 0) is 12.3 Å². The van der Waals surface area contributed by atoms with E-state index >= 15 is 0 Å². The highest BCUT2D eigenvalue weighted by Crippen LogP contribution is 2.20. The molecule has 1 rings (SSSR count). The third-order valence-corrected chi connectivity index (χ3v) is 2.34. The van der Waals surface area contributed by atoms with Crippen LogP contribution >= 0.6 is 0 Å². The minimum atomic E-state index is -1.08. The number of nitrogens with one attached hydrogen (secondary N) is 1. The van der Waals surface area contributed by atoms with E-state index in [2.05, 4.69) is 10.3 Å². The van der Waals surface area contributed by atoms with Gasteiger partial charge in [0, 0.05) is 0 Å². The Bertz CT molecular complexity index is 431. The van der Waals surface area contributed by atoms with Gasteiger partial charge in [0.25, 0.3) is 5.91 Å². The Kier molecular flexibility index (Phi) is 3.55. The zero-order valence-electron chi connectivity index (χ0n) is 10.3. The van der Waals surface area contributed by atoms with Gasteiger partial charge in [0.1, 0.15) is 6.04 Å². The van der Waals surface area contributed by atoms with Crippen molar-refractivity contribution in [1.82, 2.24) is 10.3 Å². The Balaban J connectivity index is 2.86. The van der Waals surface area contributed by atoms with Gasteiger partial charge < -0.3 is 14.8 Å². The highest BCUT2D eigenvalue weighted by molar-refractivity contribution is 5.95. The number of carboxylic acid groups (broad SMARTS) is 1. The maximum Gasteiger partial charge on any atom is 0.326 e. The summed E-state index contributed by atoms with van der Waals surface area (Å²) >= 11 is 0. The van der Waals surface area contributed by atoms with Gasteiger partial charge in [-0.3, -0.25) is 4.79 Å². The van der Waals surface area contributed by atoms with E-state index in [1.54, 1.807) is 27.7 Å². The average molecular weight is 240 g/mol. The lowest BCUT2D eigenvalue weighted by atomic mass is 9.86. The number of aryl methyl sites for hydroxylation is 1. The predicted molar refractivity (Wildman–Crippen MR) is 59.6 cm³/mol. The Morgan fingerprint density at radius 3 is 2.41 bits per heavy atom. The van der Waals surface area contributed by atoms with Crippen molar-refractivity contribution in [3.8, 4) is 0 Å². The quantitative estimate of drug-likeness (QED) is 0.828. The third-order valence-electron chi connectivity index (χ3n) is 2.34. The highest BCUT2D eigenvalue weighted by Gasteiger charge is 2.33. The molecule has 0 aromatic carbocycles. The predicted octanol–water partition coefficient (Wildman–Crippen LogP) is 1.21. The number of hydrogen-bond acceptors (Lipinski definition) is 4. The zero-order chi connectivity index (χ0) is 13.2. The maximum atomic E-state index is 11.8. The summed E-state index contributed by atoms with van der Waals surface area (Å²) in [6.07, 6.45) is 1.15. The van der Waals surface area contributed by atoms with Crippen LogP contribution in [-0.4, -0.2) is 28.0 Å². The lowest BCUT2D eigenvalue weighted by molar-refractivity contribution is -0.142. The number of carboxylic acids is 1. The van der Waals surface area contributed by atoms with Crippen LogP contribution in [0.4, 0.5) is 0 Å². The van der Waals surface area contributed by atoms with Crippen LogP contribution < -0.4 is 5.32 Å². The lowest BCUT2D eigenvalue weighted by Gasteiger charge is -2.27. The second-order valence-corrected chi connectivity index (χ2v) is 4.88. The summed E-state index contributed by atoms with van der Waals surface area (Å²) in [7, 11) is 0. The summed E-state index contributed by atoms with van der Waals surface area (Å²) in [5, 5.41) is 11.5. The van der Waals surface area contributed by atoms with E-state index in [1.807, 2.05) is 0 Å². The van der Waals surface area contributed by atoms with Crippen LogP contribution in [0.15, 0.2) is 10.8 Å². The van der Waals surface area contributed by atoms with Crippen LogP contribution in [0.25, 0.3) is 0 Å². The molecule has 6 heteroatoms. The number of aliphatic carboxylic acids is 1. The van der Waals surface area contributed by atoms with Crippen LogP contribution in [0.3, 0.4) is 0 Å². The molecule has 1 atom stereocenters. The summed E-state index contributed by atoms with van der Waals surface area (Å²) in [5.41, 5.74) is -0.157. The largest absolute Gasteiger partial charge is 0.480 e. The number of aromatic nitrogens is 1. The lowest BCUT2D eigenvalue weighted by Crippen LogP contribution is -2.49. The zero-order valence-corrected chi connectivity index (χ0v) is 10.3. The molecule has 0 aliphatic heterocycles. The normalized spacial score (nSPS) is 13.2. The molecule has 0 aliphatic rings. The summed E-state index contributed by atoms with van der Waals surface area (Å²) in [6, 6.07) is -0.987. The number of nitrogens with zero attached hydrogens (tertiary/aromatic N) is 1. The molecule has 0 bridgehead atoms. The first-order chi connectivity index (χ1) is 7.73. The minimum Gasteiger partial charge on any atom is -0.480 e. The molecule has 6 nitrogen and oxygen atoms in total. The van der Waals surface area contributed by atoms with Crippen molar-refractivity contribution >= 4 is 11.9 Å². The summed E-state index contributed by atoms with van der Waals surface area (Å²) in [6.45, 7) is 6.82. The van der Waals surface area contributed by atoms with Crippen molar-refractivity contribution in [2.75, 3.05) is 0 Å². The summed E-state index contributed by atoms with van der Waals surface area (Å²) < 4.78 is 4.90. The number of carbonyl (C=O) groups is 2. The van der Waals surface area contributed by atoms with Gasteiger partial charge in [0.2, 0.25) is 5.76 Å². The van der Waals surface area contributed by atoms with Crippen molar-refractivity contribution in [2.45, 2.75) is 33.7 Å². The topological polar surface area (TPSA) is 92.4 Å². The number of hydrogen-bond donors (Lipinski definition) is 2. The fourth-order valence-corrected chi connectivity index (χ4v) is 1.37. The first-order valence-corrected chi connectivity index (χ1v) is 5.17. The molecule has 0 spiro atoms. The van der Waals surface area contributed by atoms with Gasteiger partial charge in [0.05, 0.1) is 5.69 Å². The molecule has 0 aliphatic carbocycles.